The van der Waals surface area contributed by atoms with E-state index < -0.39 is 59.7 Å². The summed E-state index contributed by atoms with van der Waals surface area (Å²) >= 11 is 6.06. The molecule has 1 aromatic carbocycles. The van der Waals surface area contributed by atoms with Crippen molar-refractivity contribution in [3.8, 4) is 0 Å². The summed E-state index contributed by atoms with van der Waals surface area (Å²) in [5.41, 5.74) is -1.84. The quantitative estimate of drug-likeness (QED) is 0.280. The Morgan fingerprint density at radius 2 is 1.89 bits per heavy atom. The highest BCUT2D eigenvalue weighted by molar-refractivity contribution is 6.38. The van der Waals surface area contributed by atoms with Gasteiger partial charge in [-0.3, -0.25) is 24.5 Å². The van der Waals surface area contributed by atoms with E-state index in [1.54, 1.807) is 0 Å². The fourth-order valence-electron chi connectivity index (χ4n) is 4.80. The molecule has 13 heteroatoms. The smallest absolute Gasteiger partial charge is 0.378 e. The number of amides is 3. The molecule has 1 heterocycles. The molecule has 4 rings (SSSR count). The summed E-state index contributed by atoms with van der Waals surface area (Å²) in [5.74, 6) is -3.88. The number of aliphatic hydroxyl groups excluding tert-OH is 1. The number of anilines is 1. The molecule has 2 saturated carbocycles. The van der Waals surface area contributed by atoms with E-state index in [1.165, 1.54) is 18.2 Å². The highest BCUT2D eigenvalue weighted by Gasteiger charge is 2.56. The van der Waals surface area contributed by atoms with Crippen LogP contribution in [0.25, 0.3) is 0 Å². The first-order valence-electron chi connectivity index (χ1n) is 12.5. The summed E-state index contributed by atoms with van der Waals surface area (Å²) in [4.78, 5) is 51.6. The fraction of sp³-hybridized carbons (Fsp3) is 0.600. The molecule has 208 valence electrons. The molecule has 38 heavy (non-hydrogen) atoms. The standard InChI is InChI=1S/C25H30ClF3N4O5/c1-12-8-13(20(35)30-12)9-18(19(34)22(37)31-15-3-4-15)32-21(36)16-10-14(26)2-5-17(16)33-23(38)24(6-7-24)11-25(27,28)29/h2,5,10,12-13,15,18,20,30,35H,3-4,6-9,11H2,1H3,(H,31,37)(H,32,36)(H,33,38)/t12-,13+,18+,20?/m1/s1. The zero-order valence-electron chi connectivity index (χ0n) is 20.7. The van der Waals surface area contributed by atoms with Gasteiger partial charge in [0.05, 0.1) is 29.1 Å². The van der Waals surface area contributed by atoms with Gasteiger partial charge in [-0.1, -0.05) is 11.6 Å². The highest BCUT2D eigenvalue weighted by atomic mass is 35.5. The number of alkyl halides is 3. The van der Waals surface area contributed by atoms with Crippen LogP contribution >= 0.6 is 11.6 Å². The van der Waals surface area contributed by atoms with Gasteiger partial charge >= 0.3 is 6.18 Å². The van der Waals surface area contributed by atoms with E-state index in [0.717, 1.165) is 12.8 Å². The SMILES string of the molecule is C[C@@H]1C[C@@H](C[C@H](NC(=O)c2cc(Cl)ccc2NC(=O)C2(CC(F)(F)F)CC2)C(=O)C(=O)NC2CC2)C(O)N1. The minimum Gasteiger partial charge on any atom is -0.378 e. The molecule has 2 aliphatic carbocycles. The summed E-state index contributed by atoms with van der Waals surface area (Å²) in [7, 11) is 0. The number of benzene rings is 1. The molecule has 0 bridgehead atoms. The Kier molecular flexibility index (Phi) is 8.06. The van der Waals surface area contributed by atoms with Crippen LogP contribution in [-0.2, 0) is 14.4 Å². The van der Waals surface area contributed by atoms with Gasteiger partial charge in [-0.05, 0) is 63.6 Å². The van der Waals surface area contributed by atoms with E-state index in [2.05, 4.69) is 21.3 Å². The number of hydrogen-bond acceptors (Lipinski definition) is 6. The van der Waals surface area contributed by atoms with Crippen LogP contribution < -0.4 is 21.3 Å². The van der Waals surface area contributed by atoms with Crippen LogP contribution in [0, 0.1) is 11.3 Å². The molecule has 0 aromatic heterocycles. The molecular formula is C25H30ClF3N4O5. The summed E-state index contributed by atoms with van der Waals surface area (Å²) in [5, 5.41) is 20.9. The van der Waals surface area contributed by atoms with Crippen LogP contribution in [0.1, 0.15) is 62.2 Å². The Morgan fingerprint density at radius 1 is 1.21 bits per heavy atom. The third kappa shape index (κ3) is 7.03. The lowest BCUT2D eigenvalue weighted by Crippen LogP contribution is -2.49. The van der Waals surface area contributed by atoms with Crippen LogP contribution in [0.2, 0.25) is 5.02 Å². The van der Waals surface area contributed by atoms with Crippen molar-refractivity contribution in [2.24, 2.45) is 11.3 Å². The summed E-state index contributed by atoms with van der Waals surface area (Å²) < 4.78 is 39.0. The fourth-order valence-corrected chi connectivity index (χ4v) is 4.98. The number of carbonyl (C=O) groups excluding carboxylic acids is 4. The van der Waals surface area contributed by atoms with Crippen LogP contribution in [0.3, 0.4) is 0 Å². The van der Waals surface area contributed by atoms with E-state index in [4.69, 9.17) is 11.6 Å². The zero-order chi connectivity index (χ0) is 27.8. The first-order chi connectivity index (χ1) is 17.8. The molecule has 1 unspecified atom stereocenters. The minimum atomic E-state index is -4.53. The molecule has 5 N–H and O–H groups in total. The van der Waals surface area contributed by atoms with Crippen LogP contribution in [0.15, 0.2) is 18.2 Å². The zero-order valence-corrected chi connectivity index (χ0v) is 21.4. The molecular weight excluding hydrogens is 529 g/mol. The first-order valence-corrected chi connectivity index (χ1v) is 12.9. The van der Waals surface area contributed by atoms with Crippen molar-refractivity contribution in [1.29, 1.82) is 0 Å². The van der Waals surface area contributed by atoms with Crippen LogP contribution in [-0.4, -0.2) is 59.1 Å². The number of carbonyl (C=O) groups is 4. The van der Waals surface area contributed by atoms with E-state index in [-0.39, 0.29) is 47.6 Å². The third-order valence-corrected chi connectivity index (χ3v) is 7.44. The number of aliphatic hydroxyl groups is 1. The van der Waals surface area contributed by atoms with Gasteiger partial charge in [0.25, 0.3) is 11.8 Å². The lowest BCUT2D eigenvalue weighted by atomic mass is 9.93. The number of ketones is 1. The van der Waals surface area contributed by atoms with Gasteiger partial charge in [0, 0.05) is 23.0 Å². The second-order valence-corrected chi connectivity index (χ2v) is 11.0. The number of halogens is 4. The number of rotatable bonds is 10. The average molecular weight is 559 g/mol. The van der Waals surface area contributed by atoms with Gasteiger partial charge in [-0.25, -0.2) is 0 Å². The van der Waals surface area contributed by atoms with Crippen molar-refractivity contribution in [2.75, 3.05) is 5.32 Å². The molecule has 0 spiro atoms. The number of hydrogen-bond donors (Lipinski definition) is 5. The summed E-state index contributed by atoms with van der Waals surface area (Å²) in [6.07, 6.45) is -4.63. The second kappa shape index (κ2) is 10.8. The van der Waals surface area contributed by atoms with E-state index in [0.29, 0.717) is 6.42 Å². The predicted octanol–water partition coefficient (Wildman–Crippen LogP) is 2.66. The number of nitrogens with one attached hydrogen (secondary N) is 4. The van der Waals surface area contributed by atoms with Gasteiger partial charge in [-0.2, -0.15) is 13.2 Å². The Labute approximate surface area is 222 Å². The van der Waals surface area contributed by atoms with Crippen molar-refractivity contribution >= 4 is 40.8 Å². The summed E-state index contributed by atoms with van der Waals surface area (Å²) in [6, 6.07) is 2.45. The Morgan fingerprint density at radius 3 is 2.45 bits per heavy atom. The number of Topliss-reactive ketones (excluding diaryl/α,β-unsaturated/α-hetero) is 1. The second-order valence-electron chi connectivity index (χ2n) is 10.6. The normalized spacial score (nSPS) is 24.8. The average Bonchev–Trinajstić information content (AvgIpc) is 3.74. The molecule has 4 atom stereocenters. The maximum absolute atomic E-state index is 13.3. The largest absolute Gasteiger partial charge is 0.390 e. The van der Waals surface area contributed by atoms with Gasteiger partial charge in [0.1, 0.15) is 6.23 Å². The highest BCUT2D eigenvalue weighted by Crippen LogP contribution is 2.53. The predicted molar refractivity (Wildman–Crippen MR) is 131 cm³/mol. The molecule has 1 saturated heterocycles. The maximum Gasteiger partial charge on any atom is 0.390 e. The Hall–Kier alpha value is -2.70. The molecule has 0 radical (unpaired) electrons. The maximum atomic E-state index is 13.3. The molecule has 1 aliphatic heterocycles. The minimum absolute atomic E-state index is 0.0296. The van der Waals surface area contributed by atoms with Crippen molar-refractivity contribution in [3.05, 3.63) is 28.8 Å². The van der Waals surface area contributed by atoms with Gasteiger partial charge in [-0.15, -0.1) is 0 Å². The van der Waals surface area contributed by atoms with E-state index in [1.807, 2.05) is 6.92 Å². The molecule has 3 fully saturated rings. The molecule has 3 aliphatic rings. The van der Waals surface area contributed by atoms with Crippen molar-refractivity contribution in [1.82, 2.24) is 16.0 Å². The van der Waals surface area contributed by atoms with E-state index in [9.17, 15) is 37.5 Å². The lowest BCUT2D eigenvalue weighted by Gasteiger charge is -2.23. The molecule has 1 aromatic rings. The van der Waals surface area contributed by atoms with Crippen molar-refractivity contribution in [3.63, 3.8) is 0 Å². The van der Waals surface area contributed by atoms with E-state index >= 15 is 0 Å². The van der Waals surface area contributed by atoms with Gasteiger partial charge < -0.3 is 21.1 Å². The van der Waals surface area contributed by atoms with Gasteiger partial charge in [0.2, 0.25) is 11.7 Å². The molecule has 9 nitrogen and oxygen atoms in total. The van der Waals surface area contributed by atoms with Crippen molar-refractivity contribution < 1.29 is 37.5 Å². The molecule has 3 amide bonds. The Balaban J connectivity index is 1.53. The lowest BCUT2D eigenvalue weighted by molar-refractivity contribution is -0.155. The van der Waals surface area contributed by atoms with Crippen molar-refractivity contribution in [2.45, 2.75) is 82.4 Å². The van der Waals surface area contributed by atoms with Crippen LogP contribution in [0.4, 0.5) is 18.9 Å². The topological polar surface area (TPSA) is 137 Å². The monoisotopic (exact) mass is 558 g/mol. The third-order valence-electron chi connectivity index (χ3n) is 7.20. The van der Waals surface area contributed by atoms with Gasteiger partial charge in [0.15, 0.2) is 0 Å². The summed E-state index contributed by atoms with van der Waals surface area (Å²) in [6.45, 7) is 1.85. The first kappa shape index (κ1) is 28.3. The van der Waals surface area contributed by atoms with Crippen LogP contribution in [0.5, 0.6) is 0 Å². The Bertz CT molecular complexity index is 1120.